The minimum Gasteiger partial charge on any atom is -0.329 e. The molecule has 0 aliphatic carbocycles. The highest BCUT2D eigenvalue weighted by Gasteiger charge is 2.25. The first-order valence-corrected chi connectivity index (χ1v) is 8.31. The van der Waals surface area contributed by atoms with Gasteiger partial charge in [-0.1, -0.05) is 31.2 Å². The number of aryl methyl sites for hydroxylation is 1. The molecule has 118 valence electrons. The van der Waals surface area contributed by atoms with Crippen LogP contribution in [-0.2, 0) is 6.42 Å². The van der Waals surface area contributed by atoms with Crippen molar-refractivity contribution in [3.05, 3.63) is 35.4 Å². The summed E-state index contributed by atoms with van der Waals surface area (Å²) in [6.45, 7) is 6.48. The first-order chi connectivity index (χ1) is 10.1. The van der Waals surface area contributed by atoms with E-state index >= 15 is 0 Å². The number of hydrogen-bond donors (Lipinski definition) is 1. The second-order valence-electron chi connectivity index (χ2n) is 6.59. The van der Waals surface area contributed by atoms with Crippen LogP contribution in [0.1, 0.15) is 36.9 Å². The van der Waals surface area contributed by atoms with Gasteiger partial charge in [0.2, 0.25) is 0 Å². The summed E-state index contributed by atoms with van der Waals surface area (Å²) in [4.78, 5) is 4.89. The Bertz CT molecular complexity index is 405. The molecule has 1 unspecified atom stereocenters. The average molecular weight is 289 g/mol. The average Bonchev–Trinajstić information content (AvgIpc) is 2.50. The summed E-state index contributed by atoms with van der Waals surface area (Å²) in [5.41, 5.74) is 8.85. The molecule has 1 fully saturated rings. The third kappa shape index (κ3) is 4.53. The molecule has 1 aliphatic rings. The van der Waals surface area contributed by atoms with E-state index in [0.717, 1.165) is 12.3 Å². The molecule has 0 spiro atoms. The Balaban J connectivity index is 1.95. The highest BCUT2D eigenvalue weighted by molar-refractivity contribution is 5.25. The van der Waals surface area contributed by atoms with E-state index in [0.29, 0.717) is 12.6 Å². The fourth-order valence-electron chi connectivity index (χ4n) is 3.44. The summed E-state index contributed by atoms with van der Waals surface area (Å²) in [6.07, 6.45) is 3.69. The van der Waals surface area contributed by atoms with Gasteiger partial charge in [-0.3, -0.25) is 4.90 Å². The number of likely N-dealkylation sites (tertiary alicyclic amines) is 1. The van der Waals surface area contributed by atoms with Crippen LogP contribution < -0.4 is 5.73 Å². The zero-order chi connectivity index (χ0) is 15.2. The molecule has 1 heterocycles. The van der Waals surface area contributed by atoms with Gasteiger partial charge in [-0.15, -0.1) is 0 Å². The summed E-state index contributed by atoms with van der Waals surface area (Å²) in [6, 6.07) is 9.41. The molecule has 1 aliphatic heterocycles. The van der Waals surface area contributed by atoms with Crippen LogP contribution in [0.4, 0.5) is 0 Å². The Hall–Kier alpha value is -0.900. The predicted octanol–water partition coefficient (Wildman–Crippen LogP) is 2.52. The zero-order valence-corrected chi connectivity index (χ0v) is 13.9. The molecular weight excluding hydrogens is 258 g/mol. The van der Waals surface area contributed by atoms with Gasteiger partial charge in [0, 0.05) is 19.1 Å². The van der Waals surface area contributed by atoms with Crippen LogP contribution in [0.25, 0.3) is 0 Å². The number of nitrogens with two attached hydrogens (primary N) is 1. The molecule has 1 aromatic rings. The van der Waals surface area contributed by atoms with Crippen molar-refractivity contribution in [1.29, 1.82) is 0 Å². The first kappa shape index (κ1) is 16.5. The van der Waals surface area contributed by atoms with E-state index < -0.39 is 0 Å². The SMILES string of the molecule is CCc1ccc(C(CN)N2CCC(CN(C)C)CC2)cc1. The molecule has 1 saturated heterocycles. The van der Waals surface area contributed by atoms with Crippen molar-refractivity contribution in [2.45, 2.75) is 32.2 Å². The molecule has 1 aromatic carbocycles. The third-order valence-corrected chi connectivity index (χ3v) is 4.71. The maximum Gasteiger partial charge on any atom is 0.0470 e. The fraction of sp³-hybridized carbons (Fsp3) is 0.667. The van der Waals surface area contributed by atoms with Gasteiger partial charge in [0.05, 0.1) is 0 Å². The van der Waals surface area contributed by atoms with E-state index in [-0.39, 0.29) is 0 Å². The maximum absolute atomic E-state index is 6.07. The number of piperidine rings is 1. The van der Waals surface area contributed by atoms with Crippen molar-refractivity contribution >= 4 is 0 Å². The van der Waals surface area contributed by atoms with Gasteiger partial charge < -0.3 is 10.6 Å². The van der Waals surface area contributed by atoms with E-state index in [1.165, 1.54) is 43.6 Å². The van der Waals surface area contributed by atoms with Crippen molar-refractivity contribution < 1.29 is 0 Å². The molecule has 21 heavy (non-hydrogen) atoms. The number of rotatable bonds is 6. The second kappa shape index (κ2) is 7.92. The largest absolute Gasteiger partial charge is 0.329 e. The smallest absolute Gasteiger partial charge is 0.0470 e. The minimum atomic E-state index is 0.385. The molecule has 3 heteroatoms. The normalized spacial score (nSPS) is 19.1. The molecule has 0 saturated carbocycles. The predicted molar refractivity (Wildman–Crippen MR) is 90.5 cm³/mol. The van der Waals surface area contributed by atoms with E-state index in [9.17, 15) is 0 Å². The topological polar surface area (TPSA) is 32.5 Å². The summed E-state index contributed by atoms with van der Waals surface area (Å²) < 4.78 is 0. The van der Waals surface area contributed by atoms with Crippen LogP contribution in [0, 0.1) is 5.92 Å². The maximum atomic E-state index is 6.07. The van der Waals surface area contributed by atoms with Crippen LogP contribution >= 0.6 is 0 Å². The lowest BCUT2D eigenvalue weighted by molar-refractivity contribution is 0.122. The number of nitrogens with zero attached hydrogens (tertiary/aromatic N) is 2. The first-order valence-electron chi connectivity index (χ1n) is 8.31. The number of hydrogen-bond acceptors (Lipinski definition) is 3. The van der Waals surface area contributed by atoms with Gasteiger partial charge in [-0.05, 0) is 63.5 Å². The van der Waals surface area contributed by atoms with Crippen LogP contribution in [0.3, 0.4) is 0 Å². The second-order valence-corrected chi connectivity index (χ2v) is 6.59. The van der Waals surface area contributed by atoms with Crippen molar-refractivity contribution in [1.82, 2.24) is 9.80 Å². The van der Waals surface area contributed by atoms with Crippen LogP contribution in [-0.4, -0.2) is 50.1 Å². The van der Waals surface area contributed by atoms with E-state index in [1.54, 1.807) is 0 Å². The van der Waals surface area contributed by atoms with Crippen LogP contribution in [0.15, 0.2) is 24.3 Å². The molecule has 1 atom stereocenters. The van der Waals surface area contributed by atoms with Gasteiger partial charge >= 0.3 is 0 Å². The summed E-state index contributed by atoms with van der Waals surface area (Å²) in [5.74, 6) is 0.845. The lowest BCUT2D eigenvalue weighted by atomic mass is 9.93. The summed E-state index contributed by atoms with van der Waals surface area (Å²) in [5, 5.41) is 0. The molecular formula is C18H31N3. The molecule has 2 N–H and O–H groups in total. The van der Waals surface area contributed by atoms with Gasteiger partial charge in [-0.25, -0.2) is 0 Å². The van der Waals surface area contributed by atoms with Crippen molar-refractivity contribution in [2.75, 3.05) is 40.3 Å². The van der Waals surface area contributed by atoms with Gasteiger partial charge in [-0.2, -0.15) is 0 Å². The van der Waals surface area contributed by atoms with E-state index in [2.05, 4.69) is 55.1 Å². The van der Waals surface area contributed by atoms with E-state index in [1.807, 2.05) is 0 Å². The Morgan fingerprint density at radius 3 is 2.29 bits per heavy atom. The lowest BCUT2D eigenvalue weighted by Crippen LogP contribution is -2.41. The molecule has 0 aromatic heterocycles. The quantitative estimate of drug-likeness (QED) is 0.873. The standard InChI is InChI=1S/C18H31N3/c1-4-15-5-7-17(8-6-15)18(13-19)21-11-9-16(10-12-21)14-20(2)3/h5-8,16,18H,4,9-14,19H2,1-3H3. The minimum absolute atomic E-state index is 0.385. The van der Waals surface area contributed by atoms with E-state index in [4.69, 9.17) is 5.73 Å². The third-order valence-electron chi connectivity index (χ3n) is 4.71. The van der Waals surface area contributed by atoms with Gasteiger partial charge in [0.15, 0.2) is 0 Å². The Morgan fingerprint density at radius 1 is 1.19 bits per heavy atom. The Morgan fingerprint density at radius 2 is 1.81 bits per heavy atom. The Kier molecular flexibility index (Phi) is 6.22. The van der Waals surface area contributed by atoms with Crippen LogP contribution in [0.2, 0.25) is 0 Å². The monoisotopic (exact) mass is 289 g/mol. The van der Waals surface area contributed by atoms with Crippen molar-refractivity contribution in [2.24, 2.45) is 11.7 Å². The van der Waals surface area contributed by atoms with Crippen molar-refractivity contribution in [3.63, 3.8) is 0 Å². The van der Waals surface area contributed by atoms with Gasteiger partial charge in [0.25, 0.3) is 0 Å². The summed E-state index contributed by atoms with van der Waals surface area (Å²) in [7, 11) is 4.34. The van der Waals surface area contributed by atoms with Gasteiger partial charge in [0.1, 0.15) is 0 Å². The highest BCUT2D eigenvalue weighted by Crippen LogP contribution is 2.26. The molecule has 2 rings (SSSR count). The fourth-order valence-corrected chi connectivity index (χ4v) is 3.44. The molecule has 0 bridgehead atoms. The number of benzene rings is 1. The zero-order valence-electron chi connectivity index (χ0n) is 13.9. The molecule has 3 nitrogen and oxygen atoms in total. The van der Waals surface area contributed by atoms with Crippen molar-refractivity contribution in [3.8, 4) is 0 Å². The summed E-state index contributed by atoms with van der Waals surface area (Å²) >= 11 is 0. The molecule has 0 amide bonds. The Labute approximate surface area is 130 Å². The highest BCUT2D eigenvalue weighted by atomic mass is 15.2. The lowest BCUT2D eigenvalue weighted by Gasteiger charge is -2.38. The van der Waals surface area contributed by atoms with Crippen LogP contribution in [0.5, 0.6) is 0 Å². The molecule has 0 radical (unpaired) electrons.